The Bertz CT molecular complexity index is 910. The van der Waals surface area contributed by atoms with Crippen LogP contribution in [0.25, 0.3) is 0 Å². The molecule has 0 radical (unpaired) electrons. The van der Waals surface area contributed by atoms with Crippen LogP contribution < -0.4 is 5.73 Å². The zero-order valence-corrected chi connectivity index (χ0v) is 18.2. The molecule has 3 aromatic carbocycles. The zero-order valence-electron chi connectivity index (χ0n) is 17.4. The van der Waals surface area contributed by atoms with E-state index in [4.69, 9.17) is 22.1 Å². The summed E-state index contributed by atoms with van der Waals surface area (Å²) in [5, 5.41) is 0.675. The van der Waals surface area contributed by atoms with Gasteiger partial charge >= 0.3 is 0 Å². The van der Waals surface area contributed by atoms with Crippen molar-refractivity contribution in [1.82, 2.24) is 0 Å². The van der Waals surface area contributed by atoms with Crippen molar-refractivity contribution in [2.24, 2.45) is 11.7 Å². The molecule has 0 spiro atoms. The Labute approximate surface area is 179 Å². The molecule has 2 nitrogen and oxygen atoms in total. The normalized spacial score (nSPS) is 15.5. The average Bonchev–Trinajstić information content (AvgIpc) is 2.76. The predicted octanol–water partition coefficient (Wildman–Crippen LogP) is 6.33. The first-order valence-electron chi connectivity index (χ1n) is 10.3. The van der Waals surface area contributed by atoms with Crippen LogP contribution in [0.1, 0.15) is 42.5 Å². The van der Waals surface area contributed by atoms with Gasteiger partial charge < -0.3 is 10.5 Å². The monoisotopic (exact) mass is 407 g/mol. The van der Waals surface area contributed by atoms with Gasteiger partial charge in [0.05, 0.1) is 6.61 Å². The van der Waals surface area contributed by atoms with Crippen LogP contribution in [-0.2, 0) is 10.3 Å². The van der Waals surface area contributed by atoms with Crippen LogP contribution in [0.2, 0.25) is 5.02 Å². The van der Waals surface area contributed by atoms with Gasteiger partial charge in [-0.15, -0.1) is 0 Å². The van der Waals surface area contributed by atoms with Crippen LogP contribution in [-0.4, -0.2) is 12.6 Å². The van der Waals surface area contributed by atoms with Crippen molar-refractivity contribution in [3.05, 3.63) is 106 Å². The maximum Gasteiger partial charge on any atom is 0.145 e. The van der Waals surface area contributed by atoms with Crippen molar-refractivity contribution in [2.45, 2.75) is 38.8 Å². The highest BCUT2D eigenvalue weighted by atomic mass is 35.5. The minimum Gasteiger partial charge on any atom is -0.359 e. The molecule has 0 aliphatic heterocycles. The van der Waals surface area contributed by atoms with E-state index in [0.29, 0.717) is 17.5 Å². The van der Waals surface area contributed by atoms with Gasteiger partial charge in [-0.25, -0.2) is 0 Å². The maximum atomic E-state index is 6.78. The van der Waals surface area contributed by atoms with Gasteiger partial charge in [0.15, 0.2) is 0 Å². The largest absolute Gasteiger partial charge is 0.359 e. The first kappa shape index (κ1) is 21.6. The molecule has 1 unspecified atom stereocenters. The van der Waals surface area contributed by atoms with Crippen LogP contribution in [0, 0.1) is 12.8 Å². The number of benzene rings is 3. The summed E-state index contributed by atoms with van der Waals surface area (Å²) in [4.78, 5) is 0. The topological polar surface area (TPSA) is 35.2 Å². The van der Waals surface area contributed by atoms with Gasteiger partial charge in [0.1, 0.15) is 5.60 Å². The van der Waals surface area contributed by atoms with Gasteiger partial charge in [-0.2, -0.15) is 0 Å². The van der Waals surface area contributed by atoms with E-state index < -0.39 is 5.60 Å². The lowest BCUT2D eigenvalue weighted by Gasteiger charge is -2.38. The molecule has 3 heteroatoms. The number of nitrogens with two attached hydrogens (primary N) is 1. The third-order valence-electron chi connectivity index (χ3n) is 5.76. The first-order chi connectivity index (χ1) is 14.0. The second-order valence-corrected chi connectivity index (χ2v) is 8.16. The number of aryl methyl sites for hydroxylation is 1. The maximum absolute atomic E-state index is 6.78. The minimum atomic E-state index is -0.835. The molecule has 3 atom stereocenters. The number of rotatable bonds is 8. The molecule has 0 bridgehead atoms. The first-order valence-corrected chi connectivity index (χ1v) is 10.6. The van der Waals surface area contributed by atoms with Crippen molar-refractivity contribution in [1.29, 1.82) is 0 Å². The Morgan fingerprint density at radius 3 is 2.10 bits per heavy atom. The van der Waals surface area contributed by atoms with E-state index >= 15 is 0 Å². The average molecular weight is 408 g/mol. The van der Waals surface area contributed by atoms with E-state index in [2.05, 4.69) is 57.2 Å². The van der Waals surface area contributed by atoms with Gasteiger partial charge in [0.25, 0.3) is 0 Å². The van der Waals surface area contributed by atoms with Crippen molar-refractivity contribution in [3.8, 4) is 0 Å². The van der Waals surface area contributed by atoms with Crippen molar-refractivity contribution >= 4 is 11.6 Å². The Balaban J connectivity index is 2.21. The smallest absolute Gasteiger partial charge is 0.145 e. The summed E-state index contributed by atoms with van der Waals surface area (Å²) in [6.45, 7) is 6.84. The standard InChI is InChI=1S/C26H30ClNO/c1-4-20(3)25(28)18-29-26(21-10-6-5-7-11-21,22-16-14-19(2)15-17-22)23-12-8-9-13-24(23)27/h5-17,20,25H,4,18,28H2,1-3H3/t20-,25+,26?/m0/s1. The van der Waals surface area contributed by atoms with Gasteiger partial charge in [-0.1, -0.05) is 110 Å². The molecule has 152 valence electrons. The molecule has 0 aromatic heterocycles. The van der Waals surface area contributed by atoms with E-state index in [-0.39, 0.29) is 6.04 Å². The van der Waals surface area contributed by atoms with Crippen LogP contribution in [0.4, 0.5) is 0 Å². The molecule has 2 N–H and O–H groups in total. The summed E-state index contributed by atoms with van der Waals surface area (Å²) in [7, 11) is 0. The molecular weight excluding hydrogens is 378 g/mol. The Morgan fingerprint density at radius 1 is 0.897 bits per heavy atom. The van der Waals surface area contributed by atoms with Gasteiger partial charge in [0, 0.05) is 16.6 Å². The number of hydrogen-bond acceptors (Lipinski definition) is 2. The van der Waals surface area contributed by atoms with E-state index in [1.807, 2.05) is 42.5 Å². The highest BCUT2D eigenvalue weighted by molar-refractivity contribution is 6.31. The lowest BCUT2D eigenvalue weighted by molar-refractivity contribution is -0.00161. The quantitative estimate of drug-likeness (QED) is 0.443. The summed E-state index contributed by atoms with van der Waals surface area (Å²) in [5.41, 5.74) is 9.84. The SMILES string of the molecule is CC[C@H](C)[C@H](N)COC(c1ccccc1)(c1ccc(C)cc1)c1ccccc1Cl. The van der Waals surface area contributed by atoms with Crippen molar-refractivity contribution in [2.75, 3.05) is 6.61 Å². The molecule has 0 heterocycles. The molecule has 3 rings (SSSR count). The van der Waals surface area contributed by atoms with Crippen molar-refractivity contribution in [3.63, 3.8) is 0 Å². The summed E-state index contributed by atoms with van der Waals surface area (Å²) < 4.78 is 6.78. The molecule has 0 saturated heterocycles. The Morgan fingerprint density at radius 2 is 1.48 bits per heavy atom. The summed E-state index contributed by atoms with van der Waals surface area (Å²) in [6.07, 6.45) is 1.01. The third kappa shape index (κ3) is 4.56. The highest BCUT2D eigenvalue weighted by Gasteiger charge is 2.39. The summed E-state index contributed by atoms with van der Waals surface area (Å²) in [6, 6.07) is 26.6. The molecular formula is C26H30ClNO. The summed E-state index contributed by atoms with van der Waals surface area (Å²) in [5.74, 6) is 0.368. The number of halogens is 1. The number of hydrogen-bond donors (Lipinski definition) is 1. The molecule has 0 aliphatic carbocycles. The summed E-state index contributed by atoms with van der Waals surface area (Å²) >= 11 is 6.73. The zero-order chi connectivity index (χ0) is 20.9. The van der Waals surface area contributed by atoms with Gasteiger partial charge in [-0.3, -0.25) is 0 Å². The Kier molecular flexibility index (Phi) is 7.13. The minimum absolute atomic E-state index is 0.0592. The fourth-order valence-electron chi connectivity index (χ4n) is 3.62. The van der Waals surface area contributed by atoms with E-state index in [1.54, 1.807) is 0 Å². The fraction of sp³-hybridized carbons (Fsp3) is 0.308. The van der Waals surface area contributed by atoms with Crippen LogP contribution in [0.3, 0.4) is 0 Å². The van der Waals surface area contributed by atoms with E-state index in [1.165, 1.54) is 5.56 Å². The second kappa shape index (κ2) is 9.58. The van der Waals surface area contributed by atoms with Crippen LogP contribution in [0.5, 0.6) is 0 Å². The lowest BCUT2D eigenvalue weighted by atomic mass is 9.79. The highest BCUT2D eigenvalue weighted by Crippen LogP contribution is 2.43. The molecule has 0 amide bonds. The Hall–Kier alpha value is -2.13. The molecule has 0 fully saturated rings. The third-order valence-corrected chi connectivity index (χ3v) is 6.09. The number of ether oxygens (including phenoxy) is 1. The van der Waals surface area contributed by atoms with Crippen LogP contribution >= 0.6 is 11.6 Å². The predicted molar refractivity (Wildman–Crippen MR) is 122 cm³/mol. The molecule has 0 aliphatic rings. The van der Waals surface area contributed by atoms with E-state index in [9.17, 15) is 0 Å². The van der Waals surface area contributed by atoms with Gasteiger partial charge in [0.2, 0.25) is 0 Å². The van der Waals surface area contributed by atoms with E-state index in [0.717, 1.165) is 23.1 Å². The fourth-order valence-corrected chi connectivity index (χ4v) is 3.89. The van der Waals surface area contributed by atoms with Crippen molar-refractivity contribution < 1.29 is 4.74 Å². The van der Waals surface area contributed by atoms with Crippen LogP contribution in [0.15, 0.2) is 78.9 Å². The molecule has 29 heavy (non-hydrogen) atoms. The molecule has 3 aromatic rings. The van der Waals surface area contributed by atoms with Gasteiger partial charge in [-0.05, 0) is 30.0 Å². The lowest BCUT2D eigenvalue weighted by Crippen LogP contribution is -2.40. The second-order valence-electron chi connectivity index (χ2n) is 7.75. The molecule has 0 saturated carbocycles.